The SMILES string of the molecule is CC(=O)CC[C@@H](NC(=O)c1cc(C)cc(C)c1)C(=O)O. The van der Waals surface area contributed by atoms with Gasteiger partial charge in [0, 0.05) is 12.0 Å². The molecule has 0 bridgehead atoms. The van der Waals surface area contributed by atoms with Crippen molar-refractivity contribution in [3.8, 4) is 0 Å². The van der Waals surface area contributed by atoms with Crippen molar-refractivity contribution < 1.29 is 19.5 Å². The number of hydrogen-bond acceptors (Lipinski definition) is 3. The van der Waals surface area contributed by atoms with Crippen molar-refractivity contribution >= 4 is 17.7 Å². The summed E-state index contributed by atoms with van der Waals surface area (Å²) < 4.78 is 0. The summed E-state index contributed by atoms with van der Waals surface area (Å²) in [5.74, 6) is -1.67. The van der Waals surface area contributed by atoms with Gasteiger partial charge in [-0.3, -0.25) is 4.79 Å². The molecular formula is C15H19NO4. The highest BCUT2D eigenvalue weighted by atomic mass is 16.4. The number of carbonyl (C=O) groups excluding carboxylic acids is 2. The molecule has 0 saturated heterocycles. The van der Waals surface area contributed by atoms with E-state index in [1.165, 1.54) is 6.92 Å². The number of aryl methyl sites for hydroxylation is 2. The van der Waals surface area contributed by atoms with E-state index >= 15 is 0 Å². The van der Waals surface area contributed by atoms with Crippen LogP contribution < -0.4 is 5.32 Å². The Bertz CT molecular complexity index is 516. The number of nitrogens with one attached hydrogen (secondary N) is 1. The lowest BCUT2D eigenvalue weighted by Crippen LogP contribution is -2.41. The van der Waals surface area contributed by atoms with E-state index in [2.05, 4.69) is 5.32 Å². The number of rotatable bonds is 6. The van der Waals surface area contributed by atoms with Gasteiger partial charge in [0.05, 0.1) is 0 Å². The zero-order chi connectivity index (χ0) is 15.3. The molecule has 0 spiro atoms. The van der Waals surface area contributed by atoms with Gasteiger partial charge in [-0.05, 0) is 39.3 Å². The van der Waals surface area contributed by atoms with Gasteiger partial charge in [0.1, 0.15) is 11.8 Å². The standard InChI is InChI=1S/C15H19NO4/c1-9-6-10(2)8-12(7-9)14(18)16-13(15(19)20)5-4-11(3)17/h6-8,13H,4-5H2,1-3H3,(H,16,18)(H,19,20)/t13-/m1/s1. The van der Waals surface area contributed by atoms with Crippen molar-refractivity contribution in [1.29, 1.82) is 0 Å². The molecule has 0 aromatic heterocycles. The Morgan fingerprint density at radius 2 is 1.70 bits per heavy atom. The van der Waals surface area contributed by atoms with Gasteiger partial charge in [0.2, 0.25) is 0 Å². The lowest BCUT2D eigenvalue weighted by molar-refractivity contribution is -0.139. The molecule has 108 valence electrons. The first-order valence-electron chi connectivity index (χ1n) is 6.41. The van der Waals surface area contributed by atoms with Crippen LogP contribution in [-0.4, -0.2) is 28.8 Å². The maximum atomic E-state index is 12.0. The van der Waals surface area contributed by atoms with Crippen molar-refractivity contribution in [3.05, 3.63) is 34.9 Å². The van der Waals surface area contributed by atoms with Gasteiger partial charge >= 0.3 is 5.97 Å². The summed E-state index contributed by atoms with van der Waals surface area (Å²) in [5, 5.41) is 11.5. The molecule has 0 aliphatic rings. The van der Waals surface area contributed by atoms with Crippen LogP contribution in [0.1, 0.15) is 41.3 Å². The molecule has 0 aliphatic heterocycles. The molecule has 20 heavy (non-hydrogen) atoms. The third-order valence-corrected chi connectivity index (χ3v) is 2.87. The minimum atomic E-state index is -1.14. The fourth-order valence-electron chi connectivity index (χ4n) is 1.95. The van der Waals surface area contributed by atoms with Gasteiger partial charge in [-0.1, -0.05) is 17.2 Å². The summed E-state index contributed by atoms with van der Waals surface area (Å²) in [4.78, 5) is 34.0. The van der Waals surface area contributed by atoms with Gasteiger partial charge in [-0.15, -0.1) is 0 Å². The van der Waals surface area contributed by atoms with Crippen LogP contribution in [0.4, 0.5) is 0 Å². The van der Waals surface area contributed by atoms with Gasteiger partial charge in [-0.2, -0.15) is 0 Å². The van der Waals surface area contributed by atoms with E-state index in [4.69, 9.17) is 5.11 Å². The maximum absolute atomic E-state index is 12.0. The van der Waals surface area contributed by atoms with E-state index in [0.29, 0.717) is 5.56 Å². The summed E-state index contributed by atoms with van der Waals surface area (Å²) in [6.07, 6.45) is 0.227. The quantitative estimate of drug-likeness (QED) is 0.831. The molecule has 1 atom stereocenters. The number of hydrogen-bond donors (Lipinski definition) is 2. The van der Waals surface area contributed by atoms with E-state index < -0.39 is 17.9 Å². The van der Waals surface area contributed by atoms with Gasteiger partial charge in [0.15, 0.2) is 0 Å². The fraction of sp³-hybridized carbons (Fsp3) is 0.400. The topological polar surface area (TPSA) is 83.5 Å². The zero-order valence-corrected chi connectivity index (χ0v) is 11.9. The summed E-state index contributed by atoms with van der Waals surface area (Å²) in [5.41, 5.74) is 2.30. The third-order valence-electron chi connectivity index (χ3n) is 2.87. The minimum Gasteiger partial charge on any atom is -0.480 e. The average molecular weight is 277 g/mol. The Kier molecular flexibility index (Phi) is 5.43. The lowest BCUT2D eigenvalue weighted by atomic mass is 10.1. The number of benzene rings is 1. The van der Waals surface area contributed by atoms with Crippen molar-refractivity contribution in [2.75, 3.05) is 0 Å². The Morgan fingerprint density at radius 3 is 2.15 bits per heavy atom. The van der Waals surface area contributed by atoms with Crippen LogP contribution in [0, 0.1) is 13.8 Å². The Morgan fingerprint density at radius 1 is 1.15 bits per heavy atom. The van der Waals surface area contributed by atoms with Crippen LogP contribution >= 0.6 is 0 Å². The van der Waals surface area contributed by atoms with Crippen LogP contribution in [-0.2, 0) is 9.59 Å². The number of carboxylic acids is 1. The number of amides is 1. The average Bonchev–Trinajstić information content (AvgIpc) is 2.32. The molecule has 0 radical (unpaired) electrons. The molecule has 0 heterocycles. The molecule has 1 amide bonds. The smallest absolute Gasteiger partial charge is 0.326 e. The van der Waals surface area contributed by atoms with Crippen molar-refractivity contribution in [2.45, 2.75) is 39.7 Å². The molecule has 0 saturated carbocycles. The summed E-state index contributed by atoms with van der Waals surface area (Å²) in [7, 11) is 0. The van der Waals surface area contributed by atoms with E-state index in [1.54, 1.807) is 12.1 Å². The highest BCUT2D eigenvalue weighted by Crippen LogP contribution is 2.09. The number of carbonyl (C=O) groups is 3. The normalized spacial score (nSPS) is 11.8. The Labute approximate surface area is 118 Å². The first-order chi connectivity index (χ1) is 9.29. The molecule has 5 nitrogen and oxygen atoms in total. The van der Waals surface area contributed by atoms with Crippen LogP contribution in [0.25, 0.3) is 0 Å². The molecule has 0 aliphatic carbocycles. The number of carboxylic acid groups (broad SMARTS) is 1. The minimum absolute atomic E-state index is 0.0984. The molecule has 2 N–H and O–H groups in total. The second-order valence-corrected chi connectivity index (χ2v) is 4.98. The fourth-order valence-corrected chi connectivity index (χ4v) is 1.95. The van der Waals surface area contributed by atoms with E-state index in [9.17, 15) is 14.4 Å². The largest absolute Gasteiger partial charge is 0.480 e. The van der Waals surface area contributed by atoms with Crippen molar-refractivity contribution in [2.24, 2.45) is 0 Å². The van der Waals surface area contributed by atoms with Crippen LogP contribution in [0.5, 0.6) is 0 Å². The first kappa shape index (κ1) is 15.9. The molecule has 5 heteroatoms. The number of ketones is 1. The predicted molar refractivity (Wildman–Crippen MR) is 74.7 cm³/mol. The monoisotopic (exact) mass is 277 g/mol. The molecule has 1 aromatic carbocycles. The molecule has 0 unspecified atom stereocenters. The Hall–Kier alpha value is -2.17. The summed E-state index contributed by atoms with van der Waals surface area (Å²) in [6, 6.07) is 4.28. The third kappa shape index (κ3) is 4.84. The molecule has 0 fully saturated rings. The molecule has 1 rings (SSSR count). The lowest BCUT2D eigenvalue weighted by Gasteiger charge is -2.14. The summed E-state index contributed by atoms with van der Waals surface area (Å²) in [6.45, 7) is 5.13. The zero-order valence-electron chi connectivity index (χ0n) is 11.9. The van der Waals surface area contributed by atoms with Crippen LogP contribution in [0.2, 0.25) is 0 Å². The second kappa shape index (κ2) is 6.84. The summed E-state index contributed by atoms with van der Waals surface area (Å²) >= 11 is 0. The van der Waals surface area contributed by atoms with E-state index in [-0.39, 0.29) is 18.6 Å². The highest BCUT2D eigenvalue weighted by Gasteiger charge is 2.21. The predicted octanol–water partition coefficient (Wildman–Crippen LogP) is 1.86. The molecular weight excluding hydrogens is 258 g/mol. The van der Waals surface area contributed by atoms with Crippen molar-refractivity contribution in [1.82, 2.24) is 5.32 Å². The van der Waals surface area contributed by atoms with Gasteiger partial charge < -0.3 is 15.2 Å². The van der Waals surface area contributed by atoms with E-state index in [0.717, 1.165) is 11.1 Å². The van der Waals surface area contributed by atoms with Crippen LogP contribution in [0.15, 0.2) is 18.2 Å². The van der Waals surface area contributed by atoms with Crippen LogP contribution in [0.3, 0.4) is 0 Å². The second-order valence-electron chi connectivity index (χ2n) is 4.98. The van der Waals surface area contributed by atoms with Crippen molar-refractivity contribution in [3.63, 3.8) is 0 Å². The molecule has 1 aromatic rings. The number of aliphatic carboxylic acids is 1. The number of Topliss-reactive ketones (excluding diaryl/α,β-unsaturated/α-hetero) is 1. The first-order valence-corrected chi connectivity index (χ1v) is 6.41. The Balaban J connectivity index is 2.79. The van der Waals surface area contributed by atoms with Gasteiger partial charge in [-0.25, -0.2) is 4.79 Å². The maximum Gasteiger partial charge on any atom is 0.326 e. The van der Waals surface area contributed by atoms with Gasteiger partial charge in [0.25, 0.3) is 5.91 Å². The van der Waals surface area contributed by atoms with E-state index in [1.807, 2.05) is 19.9 Å². The highest BCUT2D eigenvalue weighted by molar-refractivity contribution is 5.97.